The van der Waals surface area contributed by atoms with Gasteiger partial charge in [0, 0.05) is 6.54 Å². The largest absolute Gasteiger partial charge is 0.496 e. The molecule has 0 radical (unpaired) electrons. The number of rotatable bonds is 6. The Morgan fingerprint density at radius 2 is 1.55 bits per heavy atom. The van der Waals surface area contributed by atoms with E-state index in [1.165, 1.54) is 21.9 Å². The van der Waals surface area contributed by atoms with Crippen molar-refractivity contribution < 1.29 is 4.74 Å². The van der Waals surface area contributed by atoms with E-state index < -0.39 is 0 Å². The Bertz CT molecular complexity index is 746. The number of para-hydroxylation sites is 1. The summed E-state index contributed by atoms with van der Waals surface area (Å²) in [5, 5.41) is 6.16. The van der Waals surface area contributed by atoms with Gasteiger partial charge in [0.2, 0.25) is 0 Å². The Kier molecular flexibility index (Phi) is 4.71. The molecule has 0 atom stereocenters. The minimum absolute atomic E-state index is 0.885. The van der Waals surface area contributed by atoms with Crippen molar-refractivity contribution in [2.45, 2.75) is 13.0 Å². The monoisotopic (exact) mass is 291 g/mol. The van der Waals surface area contributed by atoms with E-state index in [4.69, 9.17) is 4.74 Å². The van der Waals surface area contributed by atoms with Gasteiger partial charge in [-0.15, -0.1) is 0 Å². The van der Waals surface area contributed by atoms with Crippen molar-refractivity contribution in [2.24, 2.45) is 0 Å². The molecule has 0 bridgehead atoms. The van der Waals surface area contributed by atoms with Crippen LogP contribution in [0.15, 0.2) is 66.7 Å². The van der Waals surface area contributed by atoms with Crippen molar-refractivity contribution in [2.75, 3.05) is 13.7 Å². The molecular formula is C20H21NO. The summed E-state index contributed by atoms with van der Waals surface area (Å²) in [6.07, 6.45) is 0.967. The van der Waals surface area contributed by atoms with Crippen LogP contribution in [0.3, 0.4) is 0 Å². The molecule has 0 unspecified atom stereocenters. The SMILES string of the molecule is COc1ccccc1CCNCc1cccc2ccccc12. The molecule has 0 spiro atoms. The number of nitrogens with one attached hydrogen (secondary N) is 1. The van der Waals surface area contributed by atoms with Gasteiger partial charge in [0.15, 0.2) is 0 Å². The van der Waals surface area contributed by atoms with Crippen molar-refractivity contribution in [1.29, 1.82) is 0 Å². The molecule has 0 aliphatic heterocycles. The molecule has 2 heteroatoms. The molecular weight excluding hydrogens is 270 g/mol. The lowest BCUT2D eigenvalue weighted by atomic mass is 10.0. The van der Waals surface area contributed by atoms with E-state index >= 15 is 0 Å². The van der Waals surface area contributed by atoms with E-state index in [-0.39, 0.29) is 0 Å². The molecule has 3 rings (SSSR count). The quantitative estimate of drug-likeness (QED) is 0.688. The van der Waals surface area contributed by atoms with Gasteiger partial charge in [-0.2, -0.15) is 0 Å². The molecule has 0 fully saturated rings. The van der Waals surface area contributed by atoms with Gasteiger partial charge < -0.3 is 10.1 Å². The van der Waals surface area contributed by atoms with Gasteiger partial charge in [0.25, 0.3) is 0 Å². The van der Waals surface area contributed by atoms with Crippen molar-refractivity contribution in [3.63, 3.8) is 0 Å². The molecule has 0 aromatic heterocycles. The fraction of sp³-hybridized carbons (Fsp3) is 0.200. The van der Waals surface area contributed by atoms with E-state index in [0.29, 0.717) is 0 Å². The van der Waals surface area contributed by atoms with Crippen LogP contribution in [-0.4, -0.2) is 13.7 Å². The highest BCUT2D eigenvalue weighted by Crippen LogP contribution is 2.19. The predicted molar refractivity (Wildman–Crippen MR) is 92.4 cm³/mol. The maximum atomic E-state index is 5.39. The Morgan fingerprint density at radius 1 is 0.818 bits per heavy atom. The molecule has 0 amide bonds. The van der Waals surface area contributed by atoms with Crippen LogP contribution in [0.2, 0.25) is 0 Å². The topological polar surface area (TPSA) is 21.3 Å². The zero-order valence-electron chi connectivity index (χ0n) is 12.9. The highest BCUT2D eigenvalue weighted by atomic mass is 16.5. The molecule has 112 valence electrons. The van der Waals surface area contributed by atoms with Crippen molar-refractivity contribution >= 4 is 10.8 Å². The zero-order valence-corrected chi connectivity index (χ0v) is 12.9. The van der Waals surface area contributed by atoms with E-state index in [1.807, 2.05) is 12.1 Å². The van der Waals surface area contributed by atoms with Crippen molar-refractivity contribution in [3.8, 4) is 5.75 Å². The third-order valence-corrected chi connectivity index (χ3v) is 3.96. The van der Waals surface area contributed by atoms with Gasteiger partial charge in [-0.05, 0) is 40.9 Å². The number of fused-ring (bicyclic) bond motifs is 1. The lowest BCUT2D eigenvalue weighted by molar-refractivity contribution is 0.409. The van der Waals surface area contributed by atoms with Crippen LogP contribution in [-0.2, 0) is 13.0 Å². The van der Waals surface area contributed by atoms with Gasteiger partial charge in [-0.25, -0.2) is 0 Å². The molecule has 3 aromatic carbocycles. The summed E-state index contributed by atoms with van der Waals surface area (Å²) in [6, 6.07) is 23.2. The number of hydrogen-bond acceptors (Lipinski definition) is 2. The van der Waals surface area contributed by atoms with Crippen molar-refractivity contribution in [1.82, 2.24) is 5.32 Å². The molecule has 0 saturated carbocycles. The van der Waals surface area contributed by atoms with Crippen LogP contribution in [0.25, 0.3) is 10.8 Å². The number of methoxy groups -OCH3 is 1. The van der Waals surface area contributed by atoms with Crippen LogP contribution >= 0.6 is 0 Å². The number of hydrogen-bond donors (Lipinski definition) is 1. The first-order chi connectivity index (χ1) is 10.9. The Hall–Kier alpha value is -2.32. The second-order valence-corrected chi connectivity index (χ2v) is 5.38. The van der Waals surface area contributed by atoms with Gasteiger partial charge in [0.05, 0.1) is 7.11 Å². The molecule has 2 nitrogen and oxygen atoms in total. The van der Waals surface area contributed by atoms with Crippen LogP contribution < -0.4 is 10.1 Å². The van der Waals surface area contributed by atoms with E-state index in [2.05, 4.69) is 59.9 Å². The second kappa shape index (κ2) is 7.10. The fourth-order valence-corrected chi connectivity index (χ4v) is 2.80. The summed E-state index contributed by atoms with van der Waals surface area (Å²) in [7, 11) is 1.72. The third-order valence-electron chi connectivity index (χ3n) is 3.96. The lowest BCUT2D eigenvalue weighted by Gasteiger charge is -2.10. The van der Waals surface area contributed by atoms with E-state index in [9.17, 15) is 0 Å². The summed E-state index contributed by atoms with van der Waals surface area (Å²) < 4.78 is 5.39. The van der Waals surface area contributed by atoms with E-state index in [0.717, 1.165) is 25.3 Å². The predicted octanol–water partition coefficient (Wildman–Crippen LogP) is 4.18. The average Bonchev–Trinajstić information content (AvgIpc) is 2.59. The second-order valence-electron chi connectivity index (χ2n) is 5.38. The van der Waals surface area contributed by atoms with Crippen LogP contribution in [0.5, 0.6) is 5.75 Å². The normalized spacial score (nSPS) is 10.8. The fourth-order valence-electron chi connectivity index (χ4n) is 2.80. The van der Waals surface area contributed by atoms with Gasteiger partial charge in [0.1, 0.15) is 5.75 Å². The minimum Gasteiger partial charge on any atom is -0.496 e. The van der Waals surface area contributed by atoms with E-state index in [1.54, 1.807) is 7.11 Å². The summed E-state index contributed by atoms with van der Waals surface area (Å²) in [6.45, 7) is 1.82. The first-order valence-corrected chi connectivity index (χ1v) is 7.68. The molecule has 0 heterocycles. The van der Waals surface area contributed by atoms with Crippen LogP contribution in [0.1, 0.15) is 11.1 Å². The van der Waals surface area contributed by atoms with Gasteiger partial charge in [-0.3, -0.25) is 0 Å². The van der Waals surface area contributed by atoms with Crippen LogP contribution in [0, 0.1) is 0 Å². The molecule has 0 aliphatic rings. The zero-order chi connectivity index (χ0) is 15.2. The number of ether oxygens (including phenoxy) is 1. The summed E-state index contributed by atoms with van der Waals surface area (Å²) in [5.74, 6) is 0.967. The van der Waals surface area contributed by atoms with Gasteiger partial charge >= 0.3 is 0 Å². The Morgan fingerprint density at radius 3 is 2.45 bits per heavy atom. The molecule has 22 heavy (non-hydrogen) atoms. The third kappa shape index (κ3) is 3.29. The van der Waals surface area contributed by atoms with Crippen LogP contribution in [0.4, 0.5) is 0 Å². The molecule has 1 N–H and O–H groups in total. The summed E-state index contributed by atoms with van der Waals surface area (Å²) >= 11 is 0. The summed E-state index contributed by atoms with van der Waals surface area (Å²) in [4.78, 5) is 0. The Labute approximate surface area is 131 Å². The minimum atomic E-state index is 0.885. The highest BCUT2D eigenvalue weighted by Gasteiger charge is 2.02. The number of benzene rings is 3. The maximum Gasteiger partial charge on any atom is 0.122 e. The first kappa shape index (κ1) is 14.6. The van der Waals surface area contributed by atoms with Gasteiger partial charge in [-0.1, -0.05) is 60.7 Å². The maximum absolute atomic E-state index is 5.39. The summed E-state index contributed by atoms with van der Waals surface area (Å²) in [5.41, 5.74) is 2.59. The smallest absolute Gasteiger partial charge is 0.122 e. The molecule has 3 aromatic rings. The highest BCUT2D eigenvalue weighted by molar-refractivity contribution is 5.85. The molecule has 0 saturated heterocycles. The molecule has 0 aliphatic carbocycles. The Balaban J connectivity index is 1.61. The van der Waals surface area contributed by atoms with Crippen molar-refractivity contribution in [3.05, 3.63) is 77.9 Å². The lowest BCUT2D eigenvalue weighted by Crippen LogP contribution is -2.17. The first-order valence-electron chi connectivity index (χ1n) is 7.68. The average molecular weight is 291 g/mol. The standard InChI is InChI=1S/C20H21NO/c1-22-20-12-5-3-8-17(20)13-14-21-15-18-10-6-9-16-7-2-4-11-19(16)18/h2-12,21H,13-15H2,1H3.